The first kappa shape index (κ1) is 11.7. The first-order valence-corrected chi connectivity index (χ1v) is 5.64. The van der Waals surface area contributed by atoms with Gasteiger partial charge in [0.05, 0.1) is 5.69 Å². The smallest absolute Gasteiger partial charge is 0.123 e. The molecule has 1 aromatic heterocycles. The molecule has 3 heteroatoms. The van der Waals surface area contributed by atoms with Crippen LogP contribution in [0.4, 0.5) is 4.39 Å². The van der Waals surface area contributed by atoms with Crippen molar-refractivity contribution in [3.8, 4) is 0 Å². The lowest BCUT2D eigenvalue weighted by atomic mass is 10.1. The van der Waals surface area contributed by atoms with Crippen molar-refractivity contribution < 1.29 is 4.39 Å². The van der Waals surface area contributed by atoms with E-state index < -0.39 is 0 Å². The number of hydrogen-bond acceptors (Lipinski definition) is 2. The molecule has 1 atom stereocenters. The summed E-state index contributed by atoms with van der Waals surface area (Å²) in [5.74, 6) is -0.203. The van der Waals surface area contributed by atoms with Gasteiger partial charge in [0.15, 0.2) is 0 Å². The van der Waals surface area contributed by atoms with E-state index in [2.05, 4.69) is 17.2 Å². The molecule has 1 aromatic carbocycles. The highest BCUT2D eigenvalue weighted by molar-refractivity contribution is 5.19. The molecule has 0 fully saturated rings. The molecule has 0 bridgehead atoms. The van der Waals surface area contributed by atoms with E-state index in [9.17, 15) is 4.39 Å². The van der Waals surface area contributed by atoms with Crippen molar-refractivity contribution in [3.63, 3.8) is 0 Å². The number of rotatable bonds is 4. The summed E-state index contributed by atoms with van der Waals surface area (Å²) in [6, 6.07) is 12.6. The monoisotopic (exact) mass is 230 g/mol. The van der Waals surface area contributed by atoms with Gasteiger partial charge in [0, 0.05) is 18.8 Å². The summed E-state index contributed by atoms with van der Waals surface area (Å²) >= 11 is 0. The van der Waals surface area contributed by atoms with E-state index in [1.165, 1.54) is 12.1 Å². The molecule has 0 amide bonds. The van der Waals surface area contributed by atoms with Crippen molar-refractivity contribution in [1.29, 1.82) is 0 Å². The molecule has 88 valence electrons. The Morgan fingerprint density at radius 2 is 1.94 bits per heavy atom. The lowest BCUT2D eigenvalue weighted by Crippen LogP contribution is -2.18. The molecule has 2 aromatic rings. The zero-order chi connectivity index (χ0) is 12.1. The number of nitrogens with one attached hydrogen (secondary N) is 1. The topological polar surface area (TPSA) is 24.9 Å². The summed E-state index contributed by atoms with van der Waals surface area (Å²) in [6.07, 6.45) is 1.78. The standard InChI is InChI=1S/C14H15FN2/c1-11(12-5-7-13(15)8-6-12)17-10-14-4-2-3-9-16-14/h2-9,11,17H,10H2,1H3/t11-/m0/s1. The minimum Gasteiger partial charge on any atom is -0.305 e. The second-order valence-electron chi connectivity index (χ2n) is 3.98. The zero-order valence-electron chi connectivity index (χ0n) is 9.73. The second-order valence-corrected chi connectivity index (χ2v) is 3.98. The minimum absolute atomic E-state index is 0.178. The van der Waals surface area contributed by atoms with Gasteiger partial charge in [0.2, 0.25) is 0 Å². The van der Waals surface area contributed by atoms with Gasteiger partial charge in [-0.25, -0.2) is 4.39 Å². The van der Waals surface area contributed by atoms with Crippen LogP contribution in [0.2, 0.25) is 0 Å². The van der Waals surface area contributed by atoms with Gasteiger partial charge in [0.1, 0.15) is 5.82 Å². The number of nitrogens with zero attached hydrogens (tertiary/aromatic N) is 1. The molecule has 0 unspecified atom stereocenters. The maximum atomic E-state index is 12.8. The summed E-state index contributed by atoms with van der Waals surface area (Å²) in [5.41, 5.74) is 2.07. The van der Waals surface area contributed by atoms with Gasteiger partial charge in [-0.1, -0.05) is 18.2 Å². The van der Waals surface area contributed by atoms with Crippen molar-refractivity contribution in [2.45, 2.75) is 19.5 Å². The third kappa shape index (κ3) is 3.36. The number of hydrogen-bond donors (Lipinski definition) is 1. The van der Waals surface area contributed by atoms with Crippen LogP contribution in [0.3, 0.4) is 0 Å². The summed E-state index contributed by atoms with van der Waals surface area (Å²) < 4.78 is 12.8. The number of halogens is 1. The van der Waals surface area contributed by atoms with Crippen LogP contribution < -0.4 is 5.32 Å². The highest BCUT2D eigenvalue weighted by Gasteiger charge is 2.04. The largest absolute Gasteiger partial charge is 0.305 e. The molecular weight excluding hydrogens is 215 g/mol. The molecule has 2 nitrogen and oxygen atoms in total. The van der Waals surface area contributed by atoms with Gasteiger partial charge in [-0.2, -0.15) is 0 Å². The van der Waals surface area contributed by atoms with Gasteiger partial charge in [-0.3, -0.25) is 4.98 Å². The fraction of sp³-hybridized carbons (Fsp3) is 0.214. The fourth-order valence-electron chi connectivity index (χ4n) is 1.63. The SMILES string of the molecule is C[C@H](NCc1ccccn1)c1ccc(F)cc1. The average Bonchev–Trinajstić information content (AvgIpc) is 2.38. The van der Waals surface area contributed by atoms with Crippen LogP contribution in [0.25, 0.3) is 0 Å². The summed E-state index contributed by atoms with van der Waals surface area (Å²) in [7, 11) is 0. The molecule has 1 N–H and O–H groups in total. The number of pyridine rings is 1. The average molecular weight is 230 g/mol. The predicted molar refractivity (Wildman–Crippen MR) is 65.9 cm³/mol. The van der Waals surface area contributed by atoms with E-state index in [1.54, 1.807) is 18.3 Å². The van der Waals surface area contributed by atoms with E-state index in [-0.39, 0.29) is 11.9 Å². The van der Waals surface area contributed by atoms with Crippen molar-refractivity contribution >= 4 is 0 Å². The van der Waals surface area contributed by atoms with Crippen LogP contribution >= 0.6 is 0 Å². The van der Waals surface area contributed by atoms with Crippen molar-refractivity contribution in [2.24, 2.45) is 0 Å². The molecule has 0 saturated heterocycles. The fourth-order valence-corrected chi connectivity index (χ4v) is 1.63. The Morgan fingerprint density at radius 1 is 1.18 bits per heavy atom. The first-order chi connectivity index (χ1) is 8.25. The zero-order valence-corrected chi connectivity index (χ0v) is 9.73. The summed E-state index contributed by atoms with van der Waals surface area (Å²) in [4.78, 5) is 4.24. The quantitative estimate of drug-likeness (QED) is 0.873. The van der Waals surface area contributed by atoms with E-state index in [1.807, 2.05) is 18.2 Å². The van der Waals surface area contributed by atoms with Crippen LogP contribution in [0.1, 0.15) is 24.2 Å². The van der Waals surface area contributed by atoms with Gasteiger partial charge < -0.3 is 5.32 Å². The van der Waals surface area contributed by atoms with Crippen LogP contribution in [-0.4, -0.2) is 4.98 Å². The van der Waals surface area contributed by atoms with Gasteiger partial charge in [-0.15, -0.1) is 0 Å². The highest BCUT2D eigenvalue weighted by atomic mass is 19.1. The third-order valence-corrected chi connectivity index (χ3v) is 2.69. The summed E-state index contributed by atoms with van der Waals surface area (Å²) in [5, 5.41) is 3.35. The number of benzene rings is 1. The predicted octanol–water partition coefficient (Wildman–Crippen LogP) is 3.07. The molecule has 0 aliphatic carbocycles. The van der Waals surface area contributed by atoms with Gasteiger partial charge in [-0.05, 0) is 36.8 Å². The van der Waals surface area contributed by atoms with E-state index in [4.69, 9.17) is 0 Å². The van der Waals surface area contributed by atoms with Crippen molar-refractivity contribution in [3.05, 3.63) is 65.7 Å². The number of aromatic nitrogens is 1. The van der Waals surface area contributed by atoms with Crippen LogP contribution in [-0.2, 0) is 6.54 Å². The molecule has 2 rings (SSSR count). The molecule has 0 aliphatic rings. The van der Waals surface area contributed by atoms with E-state index >= 15 is 0 Å². The Hall–Kier alpha value is -1.74. The van der Waals surface area contributed by atoms with Crippen LogP contribution in [0.15, 0.2) is 48.7 Å². The second kappa shape index (κ2) is 5.55. The Labute approximate surface area is 101 Å². The van der Waals surface area contributed by atoms with Gasteiger partial charge in [0.25, 0.3) is 0 Å². The van der Waals surface area contributed by atoms with Crippen molar-refractivity contribution in [1.82, 2.24) is 10.3 Å². The Bertz CT molecular complexity index is 453. The molecule has 0 spiro atoms. The minimum atomic E-state index is -0.203. The third-order valence-electron chi connectivity index (χ3n) is 2.69. The highest BCUT2D eigenvalue weighted by Crippen LogP contribution is 2.13. The lowest BCUT2D eigenvalue weighted by molar-refractivity contribution is 0.564. The molecule has 17 heavy (non-hydrogen) atoms. The Kier molecular flexibility index (Phi) is 3.83. The van der Waals surface area contributed by atoms with Crippen LogP contribution in [0, 0.1) is 5.82 Å². The maximum Gasteiger partial charge on any atom is 0.123 e. The molecular formula is C14H15FN2. The first-order valence-electron chi connectivity index (χ1n) is 5.64. The molecule has 1 heterocycles. The lowest BCUT2D eigenvalue weighted by Gasteiger charge is -2.13. The molecule has 0 aliphatic heterocycles. The van der Waals surface area contributed by atoms with Gasteiger partial charge >= 0.3 is 0 Å². The summed E-state index contributed by atoms with van der Waals surface area (Å²) in [6.45, 7) is 2.76. The Balaban J connectivity index is 1.93. The molecule has 0 saturated carbocycles. The normalized spacial score (nSPS) is 12.4. The Morgan fingerprint density at radius 3 is 2.59 bits per heavy atom. The van der Waals surface area contributed by atoms with E-state index in [0.717, 1.165) is 11.3 Å². The maximum absolute atomic E-state index is 12.8. The molecule has 0 radical (unpaired) electrons. The van der Waals surface area contributed by atoms with Crippen LogP contribution in [0.5, 0.6) is 0 Å². The van der Waals surface area contributed by atoms with Crippen molar-refractivity contribution in [2.75, 3.05) is 0 Å². The van der Waals surface area contributed by atoms with E-state index in [0.29, 0.717) is 6.54 Å².